The van der Waals surface area contributed by atoms with E-state index in [4.69, 9.17) is 5.14 Å². The lowest BCUT2D eigenvalue weighted by atomic mass is 10.2. The van der Waals surface area contributed by atoms with Crippen LogP contribution >= 0.6 is 15.9 Å². The van der Waals surface area contributed by atoms with Crippen LogP contribution in [0.1, 0.15) is 17.3 Å². The third-order valence-electron chi connectivity index (χ3n) is 1.82. The first kappa shape index (κ1) is 14.1. The van der Waals surface area contributed by atoms with Crippen molar-refractivity contribution in [3.05, 3.63) is 28.0 Å². The Morgan fingerprint density at radius 2 is 2.12 bits per heavy atom. The highest BCUT2D eigenvalue weighted by Gasteiger charge is 2.21. The number of carbonyl (C=O) groups excluding carboxylic acids is 1. The van der Waals surface area contributed by atoms with Gasteiger partial charge in [0.25, 0.3) is 0 Å². The maximum atomic E-state index is 13.3. The molecule has 0 bridgehead atoms. The van der Waals surface area contributed by atoms with Crippen LogP contribution in [0.3, 0.4) is 0 Å². The van der Waals surface area contributed by atoms with Gasteiger partial charge in [0.2, 0.25) is 10.0 Å². The van der Waals surface area contributed by atoms with Gasteiger partial charge in [-0.3, -0.25) is 0 Å². The lowest BCUT2D eigenvalue weighted by Gasteiger charge is -2.07. The maximum Gasteiger partial charge on any atom is 0.339 e. The summed E-state index contributed by atoms with van der Waals surface area (Å²) in [4.78, 5) is 10.7. The van der Waals surface area contributed by atoms with Gasteiger partial charge < -0.3 is 4.74 Å². The van der Waals surface area contributed by atoms with Gasteiger partial charge in [0, 0.05) is 4.47 Å². The highest BCUT2D eigenvalue weighted by Crippen LogP contribution is 2.24. The Morgan fingerprint density at radius 3 is 2.59 bits per heavy atom. The minimum atomic E-state index is -4.22. The Morgan fingerprint density at radius 1 is 1.53 bits per heavy atom. The number of primary sulfonamides is 1. The average molecular weight is 326 g/mol. The summed E-state index contributed by atoms with van der Waals surface area (Å²) in [7, 11) is -4.22. The second-order valence-electron chi connectivity index (χ2n) is 3.03. The van der Waals surface area contributed by atoms with Crippen LogP contribution in [0.5, 0.6) is 0 Å². The molecular formula is C9H9BrFNO4S. The summed E-state index contributed by atoms with van der Waals surface area (Å²) in [5.41, 5.74) is -0.0997. The van der Waals surface area contributed by atoms with E-state index in [1.54, 1.807) is 6.92 Å². The highest BCUT2D eigenvalue weighted by molar-refractivity contribution is 9.10. The average Bonchev–Trinajstić information content (AvgIpc) is 2.15. The molecule has 0 heterocycles. The zero-order valence-corrected chi connectivity index (χ0v) is 11.1. The van der Waals surface area contributed by atoms with Gasteiger partial charge >= 0.3 is 5.97 Å². The monoisotopic (exact) mass is 325 g/mol. The summed E-state index contributed by atoms with van der Waals surface area (Å²) in [6, 6.07) is 1.69. The number of halogens is 2. The molecule has 94 valence electrons. The Hall–Kier alpha value is -0.990. The Bertz CT molecular complexity index is 558. The first-order valence-corrected chi connectivity index (χ1v) is 6.80. The molecule has 0 atom stereocenters. The normalized spacial score (nSPS) is 11.3. The van der Waals surface area contributed by atoms with Gasteiger partial charge in [0.1, 0.15) is 10.7 Å². The summed E-state index contributed by atoms with van der Waals surface area (Å²) >= 11 is 2.94. The van der Waals surface area contributed by atoms with Gasteiger partial charge in [-0.2, -0.15) is 0 Å². The third-order valence-corrected chi connectivity index (χ3v) is 3.41. The summed E-state index contributed by atoms with van der Waals surface area (Å²) in [5, 5.41) is 4.82. The molecule has 0 aliphatic carbocycles. The minimum absolute atomic E-state index is 0.0980. The maximum absolute atomic E-state index is 13.3. The van der Waals surface area contributed by atoms with Gasteiger partial charge in [-0.15, -0.1) is 0 Å². The first-order chi connectivity index (χ1) is 7.77. The Labute approximate surface area is 106 Å². The Kier molecular flexibility index (Phi) is 4.23. The zero-order chi connectivity index (χ0) is 13.2. The van der Waals surface area contributed by atoms with E-state index in [-0.39, 0.29) is 16.6 Å². The molecule has 1 aromatic rings. The molecule has 0 fully saturated rings. The molecule has 5 nitrogen and oxygen atoms in total. The summed E-state index contributed by atoms with van der Waals surface area (Å²) in [6.07, 6.45) is 0. The van der Waals surface area contributed by atoms with E-state index in [0.29, 0.717) is 0 Å². The van der Waals surface area contributed by atoms with E-state index < -0.39 is 26.7 Å². The van der Waals surface area contributed by atoms with E-state index >= 15 is 0 Å². The van der Waals surface area contributed by atoms with Crippen molar-refractivity contribution >= 4 is 31.9 Å². The number of hydrogen-bond acceptors (Lipinski definition) is 4. The number of sulfonamides is 1. The van der Waals surface area contributed by atoms with Crippen molar-refractivity contribution in [2.24, 2.45) is 5.14 Å². The number of benzene rings is 1. The molecule has 2 N–H and O–H groups in total. The van der Waals surface area contributed by atoms with Crippen LogP contribution in [0, 0.1) is 5.82 Å². The molecule has 1 rings (SSSR count). The van der Waals surface area contributed by atoms with Crippen LogP contribution in [-0.4, -0.2) is 21.0 Å². The molecule has 8 heteroatoms. The summed E-state index contributed by atoms with van der Waals surface area (Å²) in [5.74, 6) is -1.79. The standard InChI is InChI=1S/C9H9BrFNO4S/c1-2-16-9(13)5-3-8(17(12,14)15)7(11)4-6(5)10/h3-4H,2H2,1H3,(H2,12,14,15). The molecule has 1 aromatic carbocycles. The lowest BCUT2D eigenvalue weighted by Crippen LogP contribution is -2.16. The minimum Gasteiger partial charge on any atom is -0.462 e. The molecule has 0 saturated carbocycles. The molecule has 0 unspecified atom stereocenters. The Balaban J connectivity index is 3.39. The SMILES string of the molecule is CCOC(=O)c1cc(S(N)(=O)=O)c(F)cc1Br. The van der Waals surface area contributed by atoms with Crippen molar-refractivity contribution in [2.75, 3.05) is 6.61 Å². The number of carbonyl (C=O) groups is 1. The number of rotatable bonds is 3. The van der Waals surface area contributed by atoms with Crippen molar-refractivity contribution in [2.45, 2.75) is 11.8 Å². The number of nitrogens with two attached hydrogens (primary N) is 1. The van der Waals surface area contributed by atoms with Gasteiger partial charge in [-0.1, -0.05) is 0 Å². The predicted octanol–water partition coefficient (Wildman–Crippen LogP) is 1.41. The largest absolute Gasteiger partial charge is 0.462 e. The summed E-state index contributed by atoms with van der Waals surface area (Å²) in [6.45, 7) is 1.71. The van der Waals surface area contributed by atoms with E-state index in [1.165, 1.54) is 0 Å². The fourth-order valence-corrected chi connectivity index (χ4v) is 2.20. The van der Waals surface area contributed by atoms with Crippen molar-refractivity contribution in [1.29, 1.82) is 0 Å². The van der Waals surface area contributed by atoms with Crippen LogP contribution in [-0.2, 0) is 14.8 Å². The van der Waals surface area contributed by atoms with Crippen LogP contribution < -0.4 is 5.14 Å². The zero-order valence-electron chi connectivity index (χ0n) is 8.74. The summed E-state index contributed by atoms with van der Waals surface area (Å²) < 4.78 is 40.3. The van der Waals surface area contributed by atoms with E-state index in [1.807, 2.05) is 0 Å². The van der Waals surface area contributed by atoms with E-state index in [0.717, 1.165) is 12.1 Å². The molecule has 0 aliphatic rings. The van der Waals surface area contributed by atoms with Crippen LogP contribution in [0.15, 0.2) is 21.5 Å². The number of esters is 1. The van der Waals surface area contributed by atoms with Crippen LogP contribution in [0.25, 0.3) is 0 Å². The molecule has 0 saturated heterocycles. The molecule has 0 aliphatic heterocycles. The van der Waals surface area contributed by atoms with E-state index in [2.05, 4.69) is 20.7 Å². The van der Waals surface area contributed by atoms with Crippen molar-refractivity contribution in [3.8, 4) is 0 Å². The third kappa shape index (κ3) is 3.24. The molecule has 0 aromatic heterocycles. The quantitative estimate of drug-likeness (QED) is 0.851. The van der Waals surface area contributed by atoms with Crippen molar-refractivity contribution in [1.82, 2.24) is 0 Å². The smallest absolute Gasteiger partial charge is 0.339 e. The lowest BCUT2D eigenvalue weighted by molar-refractivity contribution is 0.0525. The fourth-order valence-electron chi connectivity index (χ4n) is 1.11. The number of hydrogen-bond donors (Lipinski definition) is 1. The van der Waals surface area contributed by atoms with Gasteiger partial charge in [0.05, 0.1) is 12.2 Å². The van der Waals surface area contributed by atoms with E-state index in [9.17, 15) is 17.6 Å². The number of ether oxygens (including phenoxy) is 1. The van der Waals surface area contributed by atoms with Gasteiger partial charge in [-0.05, 0) is 35.0 Å². The highest BCUT2D eigenvalue weighted by atomic mass is 79.9. The predicted molar refractivity (Wildman–Crippen MR) is 61.4 cm³/mol. The van der Waals surface area contributed by atoms with Gasteiger partial charge in [-0.25, -0.2) is 22.7 Å². The molecule has 0 spiro atoms. The van der Waals surface area contributed by atoms with Crippen molar-refractivity contribution in [3.63, 3.8) is 0 Å². The second kappa shape index (κ2) is 5.11. The van der Waals surface area contributed by atoms with Crippen LogP contribution in [0.4, 0.5) is 4.39 Å². The topological polar surface area (TPSA) is 86.5 Å². The molecule has 17 heavy (non-hydrogen) atoms. The van der Waals surface area contributed by atoms with Crippen molar-refractivity contribution < 1.29 is 22.3 Å². The molecule has 0 amide bonds. The molecule has 0 radical (unpaired) electrons. The fraction of sp³-hybridized carbons (Fsp3) is 0.222. The van der Waals surface area contributed by atoms with Gasteiger partial charge in [0.15, 0.2) is 0 Å². The first-order valence-electron chi connectivity index (χ1n) is 4.46. The van der Waals surface area contributed by atoms with Crippen LogP contribution in [0.2, 0.25) is 0 Å². The molecular weight excluding hydrogens is 317 g/mol. The second-order valence-corrected chi connectivity index (χ2v) is 5.41.